The molecule has 0 aliphatic carbocycles. The standard InChI is InChI=1S/C16H15N5S/c1-20(11-9-12-6-4-5-10-17-12)15-19-22-16-18-13-7-2-3-8-14(13)21(15)16/h2-8,10H,9,11H2,1H3. The minimum atomic E-state index is 0.863. The van der Waals surface area contributed by atoms with Gasteiger partial charge in [0.2, 0.25) is 10.9 Å². The van der Waals surface area contributed by atoms with Gasteiger partial charge in [-0.2, -0.15) is 4.37 Å². The van der Waals surface area contributed by atoms with Crippen molar-refractivity contribution in [2.75, 3.05) is 18.5 Å². The Morgan fingerprint density at radius 2 is 2.00 bits per heavy atom. The van der Waals surface area contributed by atoms with Gasteiger partial charge in [-0.1, -0.05) is 18.2 Å². The molecule has 0 amide bonds. The molecule has 5 nitrogen and oxygen atoms in total. The summed E-state index contributed by atoms with van der Waals surface area (Å²) in [5.74, 6) is 0.935. The quantitative estimate of drug-likeness (QED) is 0.581. The fourth-order valence-electron chi connectivity index (χ4n) is 2.55. The van der Waals surface area contributed by atoms with Crippen LogP contribution < -0.4 is 4.90 Å². The van der Waals surface area contributed by atoms with Crippen LogP contribution >= 0.6 is 11.5 Å². The Labute approximate surface area is 132 Å². The average molecular weight is 309 g/mol. The van der Waals surface area contributed by atoms with Crippen molar-refractivity contribution in [1.29, 1.82) is 0 Å². The summed E-state index contributed by atoms with van der Waals surface area (Å²) in [4.78, 5) is 12.1. The number of hydrogen-bond acceptors (Lipinski definition) is 5. The van der Waals surface area contributed by atoms with Gasteiger partial charge in [0.15, 0.2) is 0 Å². The SMILES string of the molecule is CN(CCc1ccccn1)c1nsc2nc3ccccc3n12. The van der Waals surface area contributed by atoms with Gasteiger partial charge in [0, 0.05) is 43.4 Å². The van der Waals surface area contributed by atoms with E-state index in [1.807, 2.05) is 36.5 Å². The molecule has 0 saturated carbocycles. The Morgan fingerprint density at radius 1 is 1.14 bits per heavy atom. The minimum absolute atomic E-state index is 0.863. The van der Waals surface area contributed by atoms with E-state index in [4.69, 9.17) is 0 Å². The second kappa shape index (κ2) is 5.38. The molecule has 0 atom stereocenters. The first-order chi connectivity index (χ1) is 10.8. The van der Waals surface area contributed by atoms with Crippen LogP contribution in [-0.4, -0.2) is 32.3 Å². The van der Waals surface area contributed by atoms with Crippen LogP contribution in [0.1, 0.15) is 5.69 Å². The predicted molar refractivity (Wildman–Crippen MR) is 89.6 cm³/mol. The van der Waals surface area contributed by atoms with Crippen molar-refractivity contribution < 1.29 is 0 Å². The first-order valence-corrected chi connectivity index (χ1v) is 7.94. The molecule has 1 aromatic carbocycles. The maximum absolute atomic E-state index is 4.62. The molecule has 4 rings (SSSR count). The zero-order valence-corrected chi connectivity index (χ0v) is 13.0. The van der Waals surface area contributed by atoms with Gasteiger partial charge in [0.1, 0.15) is 0 Å². The van der Waals surface area contributed by atoms with Crippen molar-refractivity contribution in [2.45, 2.75) is 6.42 Å². The normalized spacial score (nSPS) is 11.3. The van der Waals surface area contributed by atoms with Crippen molar-refractivity contribution >= 4 is 33.5 Å². The molecule has 22 heavy (non-hydrogen) atoms. The largest absolute Gasteiger partial charge is 0.344 e. The number of rotatable bonds is 4. The zero-order chi connectivity index (χ0) is 14.9. The third-order valence-electron chi connectivity index (χ3n) is 3.71. The zero-order valence-electron chi connectivity index (χ0n) is 12.2. The van der Waals surface area contributed by atoms with Crippen LogP contribution in [0.2, 0.25) is 0 Å². The Kier molecular flexibility index (Phi) is 3.23. The van der Waals surface area contributed by atoms with E-state index in [9.17, 15) is 0 Å². The molecular formula is C16H15N5S. The molecular weight excluding hydrogens is 294 g/mol. The third-order valence-corrected chi connectivity index (χ3v) is 4.40. The number of benzene rings is 1. The van der Waals surface area contributed by atoms with Crippen molar-refractivity contribution in [1.82, 2.24) is 18.7 Å². The van der Waals surface area contributed by atoms with Crippen LogP contribution in [0.3, 0.4) is 0 Å². The molecule has 0 unspecified atom stereocenters. The van der Waals surface area contributed by atoms with Crippen LogP contribution in [0.4, 0.5) is 5.95 Å². The lowest BCUT2D eigenvalue weighted by Crippen LogP contribution is -2.22. The number of fused-ring (bicyclic) bond motifs is 3. The first kappa shape index (κ1) is 13.2. The van der Waals surface area contributed by atoms with Gasteiger partial charge in [0.25, 0.3) is 0 Å². The topological polar surface area (TPSA) is 46.3 Å². The van der Waals surface area contributed by atoms with E-state index in [1.54, 1.807) is 0 Å². The van der Waals surface area contributed by atoms with E-state index >= 15 is 0 Å². The van der Waals surface area contributed by atoms with Crippen LogP contribution in [0, 0.1) is 0 Å². The molecule has 0 aliphatic heterocycles. The number of likely N-dealkylation sites (N-methyl/N-ethyl adjacent to an activating group) is 1. The lowest BCUT2D eigenvalue weighted by molar-refractivity contribution is 0.825. The summed E-state index contributed by atoms with van der Waals surface area (Å²) in [5, 5.41) is 0. The highest BCUT2D eigenvalue weighted by atomic mass is 32.1. The summed E-state index contributed by atoms with van der Waals surface area (Å²) in [6.45, 7) is 0.863. The fraction of sp³-hybridized carbons (Fsp3) is 0.188. The summed E-state index contributed by atoms with van der Waals surface area (Å²) in [6, 6.07) is 14.2. The van der Waals surface area contributed by atoms with Gasteiger partial charge < -0.3 is 4.90 Å². The summed E-state index contributed by atoms with van der Waals surface area (Å²) in [5.41, 5.74) is 3.21. The predicted octanol–water partition coefficient (Wildman–Crippen LogP) is 3.02. The lowest BCUT2D eigenvalue weighted by atomic mass is 10.2. The minimum Gasteiger partial charge on any atom is -0.344 e. The molecule has 6 heteroatoms. The summed E-state index contributed by atoms with van der Waals surface area (Å²) >= 11 is 1.43. The smallest absolute Gasteiger partial charge is 0.223 e. The van der Waals surface area contributed by atoms with Gasteiger partial charge in [0.05, 0.1) is 11.0 Å². The number of aromatic nitrogens is 4. The van der Waals surface area contributed by atoms with Crippen LogP contribution in [0.25, 0.3) is 16.0 Å². The van der Waals surface area contributed by atoms with E-state index in [1.165, 1.54) is 11.5 Å². The lowest BCUT2D eigenvalue weighted by Gasteiger charge is -2.16. The second-order valence-corrected chi connectivity index (χ2v) is 5.92. The van der Waals surface area contributed by atoms with Crippen molar-refractivity contribution in [3.8, 4) is 0 Å². The summed E-state index contributed by atoms with van der Waals surface area (Å²) in [6.07, 6.45) is 2.72. The Balaban J connectivity index is 1.65. The summed E-state index contributed by atoms with van der Waals surface area (Å²) in [7, 11) is 2.06. The average Bonchev–Trinajstić information content (AvgIpc) is 3.12. The van der Waals surface area contributed by atoms with E-state index in [-0.39, 0.29) is 0 Å². The molecule has 0 bridgehead atoms. The summed E-state index contributed by atoms with van der Waals surface area (Å²) < 4.78 is 6.69. The van der Waals surface area contributed by atoms with E-state index < -0.39 is 0 Å². The van der Waals surface area contributed by atoms with Crippen molar-refractivity contribution in [2.24, 2.45) is 0 Å². The molecule has 3 aromatic heterocycles. The second-order valence-electron chi connectivity index (χ2n) is 5.19. The van der Waals surface area contributed by atoms with Gasteiger partial charge in [-0.05, 0) is 24.3 Å². The molecule has 0 saturated heterocycles. The highest BCUT2D eigenvalue weighted by molar-refractivity contribution is 7.11. The highest BCUT2D eigenvalue weighted by Crippen LogP contribution is 2.25. The van der Waals surface area contributed by atoms with Gasteiger partial charge in [-0.3, -0.25) is 9.38 Å². The Bertz CT molecular complexity index is 912. The number of nitrogens with zero attached hydrogens (tertiary/aromatic N) is 5. The van der Waals surface area contributed by atoms with Gasteiger partial charge >= 0.3 is 0 Å². The number of imidazole rings is 1. The van der Waals surface area contributed by atoms with Crippen LogP contribution in [0.15, 0.2) is 48.7 Å². The number of hydrogen-bond donors (Lipinski definition) is 0. The molecule has 0 aliphatic rings. The maximum Gasteiger partial charge on any atom is 0.223 e. The van der Waals surface area contributed by atoms with E-state index in [2.05, 4.69) is 42.8 Å². The number of pyridine rings is 1. The molecule has 0 N–H and O–H groups in total. The number of anilines is 1. The molecule has 0 spiro atoms. The van der Waals surface area contributed by atoms with E-state index in [0.29, 0.717) is 0 Å². The van der Waals surface area contributed by atoms with Crippen molar-refractivity contribution in [3.63, 3.8) is 0 Å². The first-order valence-electron chi connectivity index (χ1n) is 7.17. The molecule has 4 aromatic rings. The number of para-hydroxylation sites is 2. The maximum atomic E-state index is 4.62. The molecule has 0 fully saturated rings. The molecule has 0 radical (unpaired) electrons. The van der Waals surface area contributed by atoms with E-state index in [0.717, 1.165) is 40.6 Å². The molecule has 3 heterocycles. The van der Waals surface area contributed by atoms with Gasteiger partial charge in [-0.15, -0.1) is 0 Å². The van der Waals surface area contributed by atoms with Crippen LogP contribution in [0.5, 0.6) is 0 Å². The third kappa shape index (κ3) is 2.21. The molecule has 110 valence electrons. The van der Waals surface area contributed by atoms with Crippen molar-refractivity contribution in [3.05, 3.63) is 54.4 Å². The Morgan fingerprint density at radius 3 is 2.86 bits per heavy atom. The van der Waals surface area contributed by atoms with Crippen LogP contribution in [-0.2, 0) is 6.42 Å². The highest BCUT2D eigenvalue weighted by Gasteiger charge is 2.15. The van der Waals surface area contributed by atoms with Gasteiger partial charge in [-0.25, -0.2) is 4.98 Å². The monoisotopic (exact) mass is 309 g/mol. The Hall–Kier alpha value is -2.47. The fourth-order valence-corrected chi connectivity index (χ4v) is 3.33.